The average Bonchev–Trinajstić information content (AvgIpc) is 2.95. The Morgan fingerprint density at radius 2 is 1.84 bits per heavy atom. The van der Waals surface area contributed by atoms with Gasteiger partial charge in [-0.1, -0.05) is 0 Å². The third kappa shape index (κ3) is 3.48. The fraction of sp³-hybridized carbons (Fsp3) is 0.0556. The largest absolute Gasteiger partial charge is 0.359 e. The Morgan fingerprint density at radius 3 is 2.60 bits per heavy atom. The van der Waals surface area contributed by atoms with Crippen LogP contribution < -0.4 is 10.6 Å². The molecule has 0 aliphatic carbocycles. The van der Waals surface area contributed by atoms with Crippen molar-refractivity contribution in [2.45, 2.75) is 6.92 Å². The summed E-state index contributed by atoms with van der Waals surface area (Å²) in [5, 5.41) is 14.7. The first kappa shape index (κ1) is 16.2. The Morgan fingerprint density at radius 1 is 1.08 bits per heavy atom. The van der Waals surface area contributed by atoms with Gasteiger partial charge in [0.1, 0.15) is 11.9 Å². The Labute approximate surface area is 142 Å². The molecule has 2 amide bonds. The SMILES string of the molecule is Cc1cc2cc(NC(=O)C(=O)Nc3ccc(F)cc3C#N)ccc2[nH]1. The van der Waals surface area contributed by atoms with Crippen molar-refractivity contribution in [2.75, 3.05) is 10.6 Å². The number of nitrogens with one attached hydrogen (secondary N) is 3. The van der Waals surface area contributed by atoms with Gasteiger partial charge in [-0.2, -0.15) is 5.26 Å². The predicted octanol–water partition coefficient (Wildman–Crippen LogP) is 3.06. The fourth-order valence-corrected chi connectivity index (χ4v) is 2.44. The van der Waals surface area contributed by atoms with Gasteiger partial charge in [0, 0.05) is 22.3 Å². The normalized spacial score (nSPS) is 10.3. The number of carbonyl (C=O) groups is 2. The molecule has 0 aliphatic rings. The molecule has 6 nitrogen and oxygen atoms in total. The van der Waals surface area contributed by atoms with E-state index in [4.69, 9.17) is 5.26 Å². The lowest BCUT2D eigenvalue weighted by molar-refractivity contribution is -0.132. The van der Waals surface area contributed by atoms with Crippen LogP contribution in [-0.2, 0) is 9.59 Å². The summed E-state index contributed by atoms with van der Waals surface area (Å²) >= 11 is 0. The second kappa shape index (κ2) is 6.45. The zero-order chi connectivity index (χ0) is 18.0. The minimum Gasteiger partial charge on any atom is -0.359 e. The topological polar surface area (TPSA) is 97.8 Å². The molecule has 2 aromatic carbocycles. The van der Waals surface area contributed by atoms with Crippen LogP contribution in [0.2, 0.25) is 0 Å². The molecule has 0 bridgehead atoms. The van der Waals surface area contributed by atoms with Crippen molar-refractivity contribution in [3.63, 3.8) is 0 Å². The van der Waals surface area contributed by atoms with Gasteiger partial charge in [0.25, 0.3) is 0 Å². The van der Waals surface area contributed by atoms with Gasteiger partial charge >= 0.3 is 11.8 Å². The van der Waals surface area contributed by atoms with Gasteiger partial charge in [-0.3, -0.25) is 9.59 Å². The van der Waals surface area contributed by atoms with Crippen LogP contribution in [0, 0.1) is 24.1 Å². The van der Waals surface area contributed by atoms with E-state index in [2.05, 4.69) is 15.6 Å². The number of anilines is 2. The quantitative estimate of drug-likeness (QED) is 0.627. The molecule has 3 rings (SSSR count). The van der Waals surface area contributed by atoms with E-state index in [1.165, 1.54) is 6.07 Å². The molecular weight excluding hydrogens is 323 g/mol. The maximum absolute atomic E-state index is 13.1. The van der Waals surface area contributed by atoms with Crippen molar-refractivity contribution in [3.8, 4) is 6.07 Å². The number of amides is 2. The summed E-state index contributed by atoms with van der Waals surface area (Å²) in [6.07, 6.45) is 0. The van der Waals surface area contributed by atoms with Crippen molar-refractivity contribution in [2.24, 2.45) is 0 Å². The number of hydrogen-bond donors (Lipinski definition) is 3. The van der Waals surface area contributed by atoms with Crippen LogP contribution in [-0.4, -0.2) is 16.8 Å². The maximum Gasteiger partial charge on any atom is 0.314 e. The first-order valence-corrected chi connectivity index (χ1v) is 7.37. The van der Waals surface area contributed by atoms with Gasteiger partial charge in [-0.15, -0.1) is 0 Å². The van der Waals surface area contributed by atoms with Gasteiger partial charge in [0.2, 0.25) is 0 Å². The van der Waals surface area contributed by atoms with Crippen LogP contribution >= 0.6 is 0 Å². The van der Waals surface area contributed by atoms with E-state index in [0.717, 1.165) is 28.7 Å². The van der Waals surface area contributed by atoms with E-state index >= 15 is 0 Å². The number of aryl methyl sites for hydroxylation is 1. The monoisotopic (exact) mass is 336 g/mol. The summed E-state index contributed by atoms with van der Waals surface area (Å²) in [6, 6.07) is 12.2. The maximum atomic E-state index is 13.1. The number of nitriles is 1. The molecule has 0 atom stereocenters. The first-order valence-electron chi connectivity index (χ1n) is 7.37. The smallest absolute Gasteiger partial charge is 0.314 e. The number of aromatic amines is 1. The minimum atomic E-state index is -0.951. The van der Waals surface area contributed by atoms with Crippen molar-refractivity contribution >= 4 is 34.1 Å². The molecular formula is C18H13FN4O2. The van der Waals surface area contributed by atoms with E-state index < -0.39 is 17.6 Å². The molecule has 0 aliphatic heterocycles. The Hall–Kier alpha value is -3.66. The zero-order valence-electron chi connectivity index (χ0n) is 13.2. The van der Waals surface area contributed by atoms with Gasteiger partial charge < -0.3 is 15.6 Å². The molecule has 0 saturated heterocycles. The molecule has 7 heteroatoms. The lowest BCUT2D eigenvalue weighted by atomic mass is 10.2. The van der Waals surface area contributed by atoms with E-state index in [0.29, 0.717) is 5.69 Å². The summed E-state index contributed by atoms with van der Waals surface area (Å²) in [5.41, 5.74) is 2.37. The van der Waals surface area contributed by atoms with Crippen LogP contribution in [0.25, 0.3) is 10.9 Å². The van der Waals surface area contributed by atoms with Crippen LogP contribution in [0.5, 0.6) is 0 Å². The lowest BCUT2D eigenvalue weighted by Crippen LogP contribution is -2.29. The summed E-state index contributed by atoms with van der Waals surface area (Å²) < 4.78 is 13.1. The van der Waals surface area contributed by atoms with Crippen LogP contribution in [0.3, 0.4) is 0 Å². The minimum absolute atomic E-state index is 0.0645. The number of hydrogen-bond acceptors (Lipinski definition) is 3. The number of benzene rings is 2. The van der Waals surface area contributed by atoms with Crippen LogP contribution in [0.1, 0.15) is 11.3 Å². The number of carbonyl (C=O) groups excluding carboxylic acids is 2. The average molecular weight is 336 g/mol. The molecule has 0 fully saturated rings. The Balaban J connectivity index is 1.74. The Bertz CT molecular complexity index is 1030. The van der Waals surface area contributed by atoms with Crippen molar-refractivity contribution in [3.05, 3.63) is 59.5 Å². The van der Waals surface area contributed by atoms with Crippen LogP contribution in [0.4, 0.5) is 15.8 Å². The third-order valence-corrected chi connectivity index (χ3v) is 3.57. The number of halogens is 1. The third-order valence-electron chi connectivity index (χ3n) is 3.57. The standard InChI is InChI=1S/C18H13FN4O2/c1-10-6-11-8-14(3-5-15(11)21-10)22-17(24)18(25)23-16-4-2-13(19)7-12(16)9-20/h2-8,21H,1H3,(H,22,24)(H,23,25). The number of rotatable bonds is 2. The molecule has 124 valence electrons. The molecule has 3 aromatic rings. The summed E-state index contributed by atoms with van der Waals surface area (Å²) in [4.78, 5) is 27.2. The van der Waals surface area contributed by atoms with Gasteiger partial charge in [-0.25, -0.2) is 4.39 Å². The second-order valence-corrected chi connectivity index (χ2v) is 5.46. The van der Waals surface area contributed by atoms with E-state index in [1.54, 1.807) is 24.3 Å². The number of H-pyrrole nitrogens is 1. The molecule has 3 N–H and O–H groups in total. The van der Waals surface area contributed by atoms with Gasteiger partial charge in [-0.05, 0) is 49.4 Å². The second-order valence-electron chi connectivity index (χ2n) is 5.46. The highest BCUT2D eigenvalue weighted by molar-refractivity contribution is 6.43. The number of nitrogens with zero attached hydrogens (tertiary/aromatic N) is 1. The predicted molar refractivity (Wildman–Crippen MR) is 91.4 cm³/mol. The highest BCUT2D eigenvalue weighted by Gasteiger charge is 2.16. The first-order chi connectivity index (χ1) is 12.0. The number of fused-ring (bicyclic) bond motifs is 1. The highest BCUT2D eigenvalue weighted by Crippen LogP contribution is 2.20. The molecule has 0 unspecified atom stereocenters. The van der Waals surface area contributed by atoms with E-state index in [-0.39, 0.29) is 11.3 Å². The zero-order valence-corrected chi connectivity index (χ0v) is 13.2. The van der Waals surface area contributed by atoms with Crippen molar-refractivity contribution in [1.29, 1.82) is 5.26 Å². The summed E-state index contributed by atoms with van der Waals surface area (Å²) in [5.74, 6) is -2.44. The fourth-order valence-electron chi connectivity index (χ4n) is 2.44. The highest BCUT2D eigenvalue weighted by atomic mass is 19.1. The van der Waals surface area contributed by atoms with Crippen molar-refractivity contribution < 1.29 is 14.0 Å². The van der Waals surface area contributed by atoms with Gasteiger partial charge in [0.05, 0.1) is 11.3 Å². The lowest BCUT2D eigenvalue weighted by Gasteiger charge is -2.08. The summed E-state index contributed by atoms with van der Waals surface area (Å²) in [6.45, 7) is 1.92. The number of aromatic nitrogens is 1. The molecule has 0 saturated carbocycles. The molecule has 1 heterocycles. The molecule has 0 spiro atoms. The molecule has 1 aromatic heterocycles. The molecule has 0 radical (unpaired) electrons. The van der Waals surface area contributed by atoms with E-state index in [9.17, 15) is 14.0 Å². The Kier molecular flexibility index (Phi) is 4.18. The van der Waals surface area contributed by atoms with E-state index in [1.807, 2.05) is 13.0 Å². The van der Waals surface area contributed by atoms with Gasteiger partial charge in [0.15, 0.2) is 0 Å². The van der Waals surface area contributed by atoms with Crippen LogP contribution in [0.15, 0.2) is 42.5 Å². The molecule has 25 heavy (non-hydrogen) atoms. The summed E-state index contributed by atoms with van der Waals surface area (Å²) in [7, 11) is 0. The van der Waals surface area contributed by atoms with Crippen molar-refractivity contribution in [1.82, 2.24) is 4.98 Å².